The first-order valence-electron chi connectivity index (χ1n) is 4.81. The van der Waals surface area contributed by atoms with Crippen LogP contribution in [0, 0.1) is 0 Å². The van der Waals surface area contributed by atoms with Gasteiger partial charge in [-0.2, -0.15) is 0 Å². The third-order valence-corrected chi connectivity index (χ3v) is 2.62. The number of halogens is 1. The second-order valence-electron chi connectivity index (χ2n) is 3.02. The van der Waals surface area contributed by atoms with Gasteiger partial charge in [-0.1, -0.05) is 39.8 Å². The van der Waals surface area contributed by atoms with Crippen molar-refractivity contribution in [1.82, 2.24) is 0 Å². The largest absolute Gasteiger partial charge is 0.462 e. The Morgan fingerprint density at radius 2 is 2.35 bits per heavy atom. The summed E-state index contributed by atoms with van der Waals surface area (Å²) in [5.74, 6) is -0.528. The monoisotopic (exact) mass is 295 g/mol. The molecule has 0 radical (unpaired) electrons. The van der Waals surface area contributed by atoms with Gasteiger partial charge in [-0.05, 0) is 24.1 Å². The molecule has 0 aliphatic heterocycles. The van der Waals surface area contributed by atoms with Crippen molar-refractivity contribution >= 4 is 33.2 Å². The van der Waals surface area contributed by atoms with E-state index in [4.69, 9.17) is 10.3 Å². The van der Waals surface area contributed by atoms with Gasteiger partial charge in [0.25, 0.3) is 0 Å². The number of ether oxygens (including phenoxy) is 1. The van der Waals surface area contributed by atoms with Crippen molar-refractivity contribution in [2.75, 3.05) is 6.61 Å². The van der Waals surface area contributed by atoms with Gasteiger partial charge in [0.2, 0.25) is 0 Å². The van der Waals surface area contributed by atoms with Gasteiger partial charge in [0.15, 0.2) is 0 Å². The molecular formula is C11H10BrN3O2. The second kappa shape index (κ2) is 6.08. The fraction of sp³-hybridized carbons (Fsp3) is 0.182. The smallest absolute Gasteiger partial charge is 0.338 e. The lowest BCUT2D eigenvalue weighted by molar-refractivity contribution is -0.136. The van der Waals surface area contributed by atoms with Crippen LogP contribution in [-0.4, -0.2) is 12.6 Å². The van der Waals surface area contributed by atoms with Crippen LogP contribution in [0.3, 0.4) is 0 Å². The van der Waals surface area contributed by atoms with E-state index in [9.17, 15) is 4.79 Å². The summed E-state index contributed by atoms with van der Waals surface area (Å²) in [4.78, 5) is 14.3. The second-order valence-corrected chi connectivity index (χ2v) is 3.88. The minimum absolute atomic E-state index is 0.163. The van der Waals surface area contributed by atoms with Crippen molar-refractivity contribution in [2.45, 2.75) is 6.92 Å². The normalized spacial score (nSPS) is 9.29. The summed E-state index contributed by atoms with van der Waals surface area (Å²) in [6.07, 6.45) is 0. The zero-order chi connectivity index (χ0) is 12.8. The Morgan fingerprint density at radius 1 is 1.65 bits per heavy atom. The third-order valence-electron chi connectivity index (χ3n) is 1.98. The van der Waals surface area contributed by atoms with E-state index in [0.717, 1.165) is 0 Å². The van der Waals surface area contributed by atoms with E-state index < -0.39 is 5.97 Å². The van der Waals surface area contributed by atoms with Gasteiger partial charge < -0.3 is 4.74 Å². The van der Waals surface area contributed by atoms with E-state index in [0.29, 0.717) is 15.7 Å². The lowest BCUT2D eigenvalue weighted by Crippen LogP contribution is -2.06. The van der Waals surface area contributed by atoms with E-state index in [1.807, 2.05) is 0 Å². The molecule has 88 valence electrons. The Hall–Kier alpha value is -1.78. The van der Waals surface area contributed by atoms with E-state index in [1.54, 1.807) is 25.1 Å². The predicted octanol–water partition coefficient (Wildman–Crippen LogP) is 3.97. The molecule has 0 bridgehead atoms. The molecule has 0 N–H and O–H groups in total. The molecule has 17 heavy (non-hydrogen) atoms. The zero-order valence-corrected chi connectivity index (χ0v) is 10.8. The highest BCUT2D eigenvalue weighted by molar-refractivity contribution is 9.10. The van der Waals surface area contributed by atoms with Crippen LogP contribution in [0.4, 0.5) is 5.69 Å². The highest BCUT2D eigenvalue weighted by atomic mass is 79.9. The van der Waals surface area contributed by atoms with Crippen molar-refractivity contribution < 1.29 is 9.53 Å². The highest BCUT2D eigenvalue weighted by Crippen LogP contribution is 2.33. The minimum Gasteiger partial charge on any atom is -0.462 e. The summed E-state index contributed by atoms with van der Waals surface area (Å²) >= 11 is 3.25. The first-order valence-corrected chi connectivity index (χ1v) is 5.61. The summed E-state index contributed by atoms with van der Waals surface area (Å²) < 4.78 is 5.44. The molecule has 0 aliphatic carbocycles. The van der Waals surface area contributed by atoms with Crippen LogP contribution in [0.15, 0.2) is 34.4 Å². The first kappa shape index (κ1) is 13.3. The Kier molecular flexibility index (Phi) is 4.75. The molecule has 0 fully saturated rings. The van der Waals surface area contributed by atoms with Gasteiger partial charge in [-0.15, -0.1) is 0 Å². The number of carbonyl (C=O) groups is 1. The molecule has 1 aromatic carbocycles. The number of esters is 1. The molecule has 0 aromatic heterocycles. The number of nitrogens with zero attached hydrogens (tertiary/aromatic N) is 3. The number of benzene rings is 1. The molecule has 0 spiro atoms. The predicted molar refractivity (Wildman–Crippen MR) is 68.6 cm³/mol. The minimum atomic E-state index is -0.528. The van der Waals surface area contributed by atoms with Crippen molar-refractivity contribution in [2.24, 2.45) is 5.11 Å². The summed E-state index contributed by atoms with van der Waals surface area (Å²) in [7, 11) is 0. The number of carbonyl (C=O) groups excluding carboxylic acids is 1. The number of hydrogen-bond donors (Lipinski definition) is 0. The Morgan fingerprint density at radius 3 is 2.94 bits per heavy atom. The van der Waals surface area contributed by atoms with Gasteiger partial charge in [0, 0.05) is 9.38 Å². The van der Waals surface area contributed by atoms with Gasteiger partial charge in [-0.25, -0.2) is 4.79 Å². The van der Waals surface area contributed by atoms with Crippen LogP contribution in [0.1, 0.15) is 12.5 Å². The fourth-order valence-corrected chi connectivity index (χ4v) is 1.68. The molecule has 0 saturated carbocycles. The molecule has 0 saturated heterocycles. The van der Waals surface area contributed by atoms with Crippen molar-refractivity contribution in [3.8, 4) is 0 Å². The van der Waals surface area contributed by atoms with Crippen LogP contribution >= 0.6 is 15.9 Å². The maximum absolute atomic E-state index is 11.5. The van der Waals surface area contributed by atoms with Crippen LogP contribution in [0.2, 0.25) is 0 Å². The molecule has 5 nitrogen and oxygen atoms in total. The first-order chi connectivity index (χ1) is 8.11. The topological polar surface area (TPSA) is 75.1 Å². The zero-order valence-electron chi connectivity index (χ0n) is 9.18. The van der Waals surface area contributed by atoms with E-state index in [2.05, 4.69) is 32.5 Å². The number of hydrogen-bond acceptors (Lipinski definition) is 3. The van der Waals surface area contributed by atoms with Crippen molar-refractivity contribution in [1.29, 1.82) is 0 Å². The highest BCUT2D eigenvalue weighted by Gasteiger charge is 2.15. The quantitative estimate of drug-likeness (QED) is 0.277. The van der Waals surface area contributed by atoms with Gasteiger partial charge in [-0.3, -0.25) is 0 Å². The third kappa shape index (κ3) is 3.09. The van der Waals surface area contributed by atoms with Crippen LogP contribution in [0.5, 0.6) is 0 Å². The van der Waals surface area contributed by atoms with E-state index >= 15 is 0 Å². The average Bonchev–Trinajstić information content (AvgIpc) is 2.31. The lowest BCUT2D eigenvalue weighted by atomic mass is 10.1. The van der Waals surface area contributed by atoms with Crippen LogP contribution in [0.25, 0.3) is 16.0 Å². The maximum Gasteiger partial charge on any atom is 0.338 e. The van der Waals surface area contributed by atoms with Crippen molar-refractivity contribution in [3.05, 3.63) is 45.3 Å². The molecule has 0 atom stereocenters. The standard InChI is InChI=1S/C11H10BrN3O2/c1-3-17-11(16)7(2)8-5-4-6-9(12)10(8)14-15-13/h4-6H,2-3H2,1H3. The molecule has 0 heterocycles. The van der Waals surface area contributed by atoms with Crippen LogP contribution in [-0.2, 0) is 9.53 Å². The maximum atomic E-state index is 11.5. The van der Waals surface area contributed by atoms with Gasteiger partial charge in [0.1, 0.15) is 0 Å². The lowest BCUT2D eigenvalue weighted by Gasteiger charge is -2.09. The van der Waals surface area contributed by atoms with Gasteiger partial charge in [0.05, 0.1) is 17.9 Å². The summed E-state index contributed by atoms with van der Waals surface area (Å²) in [5, 5.41) is 3.53. The van der Waals surface area contributed by atoms with Gasteiger partial charge >= 0.3 is 5.97 Å². The number of azide groups is 1. The molecule has 6 heteroatoms. The fourth-order valence-electron chi connectivity index (χ4n) is 1.23. The molecule has 0 unspecified atom stereocenters. The van der Waals surface area contributed by atoms with E-state index in [1.165, 1.54) is 0 Å². The SMILES string of the molecule is C=C(C(=O)OCC)c1cccc(Br)c1N=[N+]=[N-]. The van der Waals surface area contributed by atoms with Crippen molar-refractivity contribution in [3.63, 3.8) is 0 Å². The molecule has 1 aromatic rings. The number of rotatable bonds is 4. The summed E-state index contributed by atoms with van der Waals surface area (Å²) in [6, 6.07) is 5.08. The molecule has 0 aliphatic rings. The molecule has 1 rings (SSSR count). The Balaban J connectivity index is 3.22. The molecule has 0 amide bonds. The average molecular weight is 296 g/mol. The summed E-state index contributed by atoms with van der Waals surface area (Å²) in [5.41, 5.74) is 9.43. The summed E-state index contributed by atoms with van der Waals surface area (Å²) in [6.45, 7) is 5.62. The Bertz CT molecular complexity index is 507. The Labute approximate surface area is 107 Å². The van der Waals surface area contributed by atoms with E-state index in [-0.39, 0.29) is 12.2 Å². The molecular weight excluding hydrogens is 286 g/mol. The van der Waals surface area contributed by atoms with Crippen LogP contribution < -0.4 is 0 Å².